The van der Waals surface area contributed by atoms with Crippen LogP contribution in [0.4, 0.5) is 9.18 Å². The van der Waals surface area contributed by atoms with Crippen LogP contribution in [0.5, 0.6) is 0 Å². The molecular weight excluding hydrogens is 365 g/mol. The number of urea groups is 1. The summed E-state index contributed by atoms with van der Waals surface area (Å²) in [5.74, 6) is -0.549. The predicted octanol–water partition coefficient (Wildman–Crippen LogP) is 1.43. The molecule has 1 aromatic carbocycles. The maximum Gasteiger partial charge on any atom is 0.320 e. The predicted molar refractivity (Wildman–Crippen MR) is 99.2 cm³/mol. The molecule has 0 radical (unpaired) electrons. The fourth-order valence-electron chi connectivity index (χ4n) is 3.54. The van der Waals surface area contributed by atoms with Crippen LogP contribution in [0, 0.1) is 5.82 Å². The molecule has 28 heavy (non-hydrogen) atoms. The van der Waals surface area contributed by atoms with E-state index in [0.29, 0.717) is 69.3 Å². The number of rotatable bonds is 2. The van der Waals surface area contributed by atoms with Crippen LogP contribution in [0.3, 0.4) is 0 Å². The second kappa shape index (κ2) is 7.97. The van der Waals surface area contributed by atoms with Crippen LogP contribution in [0.1, 0.15) is 10.4 Å². The average molecular weight is 387 g/mol. The second-order valence-electron chi connectivity index (χ2n) is 6.83. The number of amides is 3. The Bertz CT molecular complexity index is 857. The van der Waals surface area contributed by atoms with Crippen molar-refractivity contribution in [1.29, 1.82) is 0 Å². The number of ether oxygens (including phenoxy) is 1. The Morgan fingerprint density at radius 3 is 2.39 bits per heavy atom. The van der Waals surface area contributed by atoms with Crippen molar-refractivity contribution < 1.29 is 18.7 Å². The van der Waals surface area contributed by atoms with E-state index < -0.39 is 0 Å². The highest BCUT2D eigenvalue weighted by atomic mass is 19.1. The van der Waals surface area contributed by atoms with E-state index in [-0.39, 0.29) is 17.8 Å². The number of carbonyl (C=O) groups excluding carboxylic acids is 2. The molecule has 0 bridgehead atoms. The van der Waals surface area contributed by atoms with Gasteiger partial charge in [0, 0.05) is 44.8 Å². The molecule has 2 aromatic rings. The topological polar surface area (TPSA) is 81.8 Å². The van der Waals surface area contributed by atoms with Crippen molar-refractivity contribution in [3.8, 4) is 11.3 Å². The summed E-state index contributed by atoms with van der Waals surface area (Å²) >= 11 is 0. The highest BCUT2D eigenvalue weighted by Gasteiger charge is 2.29. The van der Waals surface area contributed by atoms with E-state index in [2.05, 4.69) is 10.2 Å². The van der Waals surface area contributed by atoms with Crippen molar-refractivity contribution in [3.63, 3.8) is 0 Å². The molecule has 0 unspecified atom stereocenters. The molecule has 1 aromatic heterocycles. The van der Waals surface area contributed by atoms with Crippen molar-refractivity contribution in [1.82, 2.24) is 24.9 Å². The molecule has 2 aliphatic rings. The third-order valence-electron chi connectivity index (χ3n) is 5.10. The monoisotopic (exact) mass is 387 g/mol. The number of aromatic amines is 1. The van der Waals surface area contributed by atoms with E-state index in [4.69, 9.17) is 4.74 Å². The first-order chi connectivity index (χ1) is 13.6. The maximum atomic E-state index is 13.5. The van der Waals surface area contributed by atoms with Gasteiger partial charge in [0.25, 0.3) is 5.91 Å². The minimum atomic E-state index is -0.374. The third kappa shape index (κ3) is 3.70. The number of hydrogen-bond acceptors (Lipinski definition) is 4. The zero-order chi connectivity index (χ0) is 19.5. The second-order valence-corrected chi connectivity index (χ2v) is 6.83. The van der Waals surface area contributed by atoms with Crippen LogP contribution in [0.15, 0.2) is 30.5 Å². The zero-order valence-electron chi connectivity index (χ0n) is 15.4. The Labute approximate surface area is 161 Å². The maximum absolute atomic E-state index is 13.5. The molecule has 0 aliphatic carbocycles. The number of benzene rings is 1. The largest absolute Gasteiger partial charge is 0.378 e. The van der Waals surface area contributed by atoms with Crippen molar-refractivity contribution in [2.45, 2.75) is 0 Å². The molecular formula is C19H22FN5O3. The fourth-order valence-corrected chi connectivity index (χ4v) is 3.54. The van der Waals surface area contributed by atoms with Gasteiger partial charge in [-0.25, -0.2) is 9.18 Å². The van der Waals surface area contributed by atoms with Gasteiger partial charge in [-0.1, -0.05) is 12.1 Å². The fraction of sp³-hybridized carbons (Fsp3) is 0.421. The van der Waals surface area contributed by atoms with Crippen LogP contribution >= 0.6 is 0 Å². The molecule has 9 heteroatoms. The summed E-state index contributed by atoms with van der Waals surface area (Å²) in [7, 11) is 0. The first-order valence-corrected chi connectivity index (χ1v) is 9.33. The van der Waals surface area contributed by atoms with Gasteiger partial charge in [0.05, 0.1) is 30.7 Å². The Hall–Kier alpha value is -2.94. The van der Waals surface area contributed by atoms with E-state index in [1.807, 2.05) is 0 Å². The molecule has 0 spiro atoms. The van der Waals surface area contributed by atoms with Crippen LogP contribution in [-0.4, -0.2) is 89.3 Å². The zero-order valence-corrected chi connectivity index (χ0v) is 15.4. The summed E-state index contributed by atoms with van der Waals surface area (Å²) in [4.78, 5) is 30.8. The lowest BCUT2D eigenvalue weighted by molar-refractivity contribution is 0.0363. The number of nitrogens with one attached hydrogen (secondary N) is 1. The Morgan fingerprint density at radius 2 is 1.68 bits per heavy atom. The summed E-state index contributed by atoms with van der Waals surface area (Å²) in [6, 6.07) is 6.04. The number of H-pyrrole nitrogens is 1. The number of carbonyl (C=O) groups is 2. The summed E-state index contributed by atoms with van der Waals surface area (Å²) < 4.78 is 18.8. The lowest BCUT2D eigenvalue weighted by Crippen LogP contribution is -2.55. The number of morpholine rings is 1. The Morgan fingerprint density at radius 1 is 1.00 bits per heavy atom. The lowest BCUT2D eigenvalue weighted by Gasteiger charge is -2.38. The highest BCUT2D eigenvalue weighted by molar-refractivity contribution is 5.99. The number of hydrogen-bond donors (Lipinski definition) is 1. The van der Waals surface area contributed by atoms with E-state index >= 15 is 0 Å². The molecule has 3 amide bonds. The molecule has 2 fully saturated rings. The highest BCUT2D eigenvalue weighted by Crippen LogP contribution is 2.23. The van der Waals surface area contributed by atoms with Crippen LogP contribution in [-0.2, 0) is 4.74 Å². The van der Waals surface area contributed by atoms with Gasteiger partial charge in [0.1, 0.15) is 5.82 Å². The van der Waals surface area contributed by atoms with Gasteiger partial charge >= 0.3 is 6.03 Å². The van der Waals surface area contributed by atoms with E-state index in [9.17, 15) is 14.0 Å². The van der Waals surface area contributed by atoms with Gasteiger partial charge in [-0.2, -0.15) is 5.10 Å². The molecule has 2 aliphatic heterocycles. The lowest BCUT2D eigenvalue weighted by atomic mass is 10.1. The van der Waals surface area contributed by atoms with Crippen LogP contribution < -0.4 is 0 Å². The normalized spacial score (nSPS) is 17.7. The molecule has 2 saturated heterocycles. The molecule has 0 saturated carbocycles. The molecule has 8 nitrogen and oxygen atoms in total. The number of halogens is 1. The summed E-state index contributed by atoms with van der Waals surface area (Å²) in [6.07, 6.45) is 1.47. The first-order valence-electron chi connectivity index (χ1n) is 9.33. The van der Waals surface area contributed by atoms with Crippen molar-refractivity contribution >= 4 is 11.9 Å². The summed E-state index contributed by atoms with van der Waals surface area (Å²) in [5, 5.41) is 6.76. The van der Waals surface area contributed by atoms with Gasteiger partial charge in [-0.3, -0.25) is 9.89 Å². The molecule has 3 heterocycles. The average Bonchev–Trinajstić information content (AvgIpc) is 3.23. The standard InChI is InChI=1S/C19H22FN5O3/c20-15-3-1-2-14(12-15)17-16(13-21-22-17)18(26)23-4-6-24(7-5-23)19(27)25-8-10-28-11-9-25/h1-3,12-13H,4-11H2,(H,21,22). The molecule has 148 valence electrons. The first kappa shape index (κ1) is 18.4. The van der Waals surface area contributed by atoms with Gasteiger partial charge in [-0.15, -0.1) is 0 Å². The van der Waals surface area contributed by atoms with Crippen molar-refractivity contribution in [2.24, 2.45) is 0 Å². The molecule has 4 rings (SSSR count). The van der Waals surface area contributed by atoms with Crippen LogP contribution in [0.2, 0.25) is 0 Å². The van der Waals surface area contributed by atoms with Crippen LogP contribution in [0.25, 0.3) is 11.3 Å². The number of aromatic nitrogens is 2. The third-order valence-corrected chi connectivity index (χ3v) is 5.10. The van der Waals surface area contributed by atoms with E-state index in [1.165, 1.54) is 18.3 Å². The van der Waals surface area contributed by atoms with Crippen molar-refractivity contribution in [3.05, 3.63) is 41.8 Å². The van der Waals surface area contributed by atoms with Crippen molar-refractivity contribution in [2.75, 3.05) is 52.5 Å². The van der Waals surface area contributed by atoms with E-state index in [1.54, 1.807) is 26.8 Å². The summed E-state index contributed by atoms with van der Waals surface area (Å²) in [6.45, 7) is 4.19. The quantitative estimate of drug-likeness (QED) is 0.845. The SMILES string of the molecule is O=C(c1cn[nH]c1-c1cccc(F)c1)N1CCN(C(=O)N2CCOCC2)CC1. The van der Waals surface area contributed by atoms with E-state index in [0.717, 1.165) is 0 Å². The smallest absolute Gasteiger partial charge is 0.320 e. The number of nitrogens with zero attached hydrogens (tertiary/aromatic N) is 4. The molecule has 1 N–H and O–H groups in total. The number of piperazine rings is 1. The Balaban J connectivity index is 1.41. The summed E-state index contributed by atoms with van der Waals surface area (Å²) in [5.41, 5.74) is 1.47. The molecule has 0 atom stereocenters. The van der Waals surface area contributed by atoms with Gasteiger partial charge in [-0.05, 0) is 12.1 Å². The van der Waals surface area contributed by atoms with Gasteiger partial charge in [0.15, 0.2) is 0 Å². The van der Waals surface area contributed by atoms with Gasteiger partial charge in [0.2, 0.25) is 0 Å². The minimum absolute atomic E-state index is 0.000778. The minimum Gasteiger partial charge on any atom is -0.378 e. The van der Waals surface area contributed by atoms with Gasteiger partial charge < -0.3 is 19.4 Å². The Kier molecular flexibility index (Phi) is 5.25.